The average Bonchev–Trinajstić information content (AvgIpc) is 2.74. The van der Waals surface area contributed by atoms with E-state index < -0.39 is 23.7 Å². The zero-order valence-corrected chi connectivity index (χ0v) is 17.6. The van der Waals surface area contributed by atoms with Crippen molar-refractivity contribution in [3.63, 3.8) is 0 Å². The van der Waals surface area contributed by atoms with Crippen molar-refractivity contribution in [1.29, 1.82) is 0 Å². The minimum Gasteiger partial charge on any atom is -0.481 e. The average molecular weight is 443 g/mol. The monoisotopic (exact) mass is 442 g/mol. The van der Waals surface area contributed by atoms with Crippen LogP contribution in [-0.4, -0.2) is 29.1 Å². The van der Waals surface area contributed by atoms with Gasteiger partial charge in [0.2, 0.25) is 5.88 Å². The van der Waals surface area contributed by atoms with Crippen molar-refractivity contribution >= 4 is 23.5 Å². The molecule has 1 amide bonds. The third kappa shape index (κ3) is 5.19. The number of ether oxygens (including phenoxy) is 1. The minimum absolute atomic E-state index is 0.0736. The number of aryl methyl sites for hydroxylation is 1. The van der Waals surface area contributed by atoms with Gasteiger partial charge in [-0.3, -0.25) is 9.59 Å². The molecule has 1 unspecified atom stereocenters. The number of nitrogens with one attached hydrogen (secondary N) is 1. The van der Waals surface area contributed by atoms with Crippen LogP contribution in [0.1, 0.15) is 33.9 Å². The zero-order valence-electron chi connectivity index (χ0n) is 16.9. The van der Waals surface area contributed by atoms with Gasteiger partial charge in [-0.1, -0.05) is 41.9 Å². The second-order valence-electron chi connectivity index (χ2n) is 6.89. The number of rotatable bonds is 7. The number of nitrogens with zero attached hydrogens (tertiary/aromatic N) is 1. The van der Waals surface area contributed by atoms with E-state index in [1.165, 1.54) is 31.5 Å². The lowest BCUT2D eigenvalue weighted by atomic mass is 9.98. The van der Waals surface area contributed by atoms with Crippen LogP contribution < -0.4 is 10.1 Å². The van der Waals surface area contributed by atoms with Gasteiger partial charge in [-0.2, -0.15) is 0 Å². The maximum absolute atomic E-state index is 13.6. The molecule has 0 radical (unpaired) electrons. The molecule has 6 nitrogen and oxygen atoms in total. The van der Waals surface area contributed by atoms with E-state index in [1.54, 1.807) is 18.2 Å². The molecule has 2 N–H and O–H groups in total. The van der Waals surface area contributed by atoms with Crippen LogP contribution in [0.2, 0.25) is 5.02 Å². The highest BCUT2D eigenvalue weighted by Gasteiger charge is 2.22. The minimum atomic E-state index is -1.04. The molecule has 0 saturated heterocycles. The maximum Gasteiger partial charge on any atom is 0.305 e. The molecule has 160 valence electrons. The van der Waals surface area contributed by atoms with Gasteiger partial charge in [0.15, 0.2) is 0 Å². The molecule has 0 saturated carbocycles. The molecule has 1 heterocycles. The van der Waals surface area contributed by atoms with Crippen molar-refractivity contribution < 1.29 is 23.8 Å². The van der Waals surface area contributed by atoms with Crippen molar-refractivity contribution in [3.05, 3.63) is 82.3 Å². The molecule has 31 heavy (non-hydrogen) atoms. The number of hydrogen-bond acceptors (Lipinski definition) is 4. The van der Waals surface area contributed by atoms with Crippen LogP contribution in [0.4, 0.5) is 4.39 Å². The van der Waals surface area contributed by atoms with Crippen LogP contribution in [0.15, 0.2) is 54.7 Å². The number of amides is 1. The first-order valence-electron chi connectivity index (χ1n) is 9.37. The third-order valence-electron chi connectivity index (χ3n) is 4.79. The van der Waals surface area contributed by atoms with E-state index in [4.69, 9.17) is 16.3 Å². The normalized spacial score (nSPS) is 11.6. The molecule has 8 heteroatoms. The summed E-state index contributed by atoms with van der Waals surface area (Å²) in [6.45, 7) is 1.85. The number of benzene rings is 2. The van der Waals surface area contributed by atoms with Crippen LogP contribution >= 0.6 is 11.6 Å². The van der Waals surface area contributed by atoms with Gasteiger partial charge < -0.3 is 15.2 Å². The van der Waals surface area contributed by atoms with Gasteiger partial charge >= 0.3 is 5.97 Å². The number of carboxylic acid groups (broad SMARTS) is 1. The molecule has 0 aliphatic rings. The summed E-state index contributed by atoms with van der Waals surface area (Å²) in [4.78, 5) is 28.5. The fraction of sp³-hybridized carbons (Fsp3) is 0.174. The van der Waals surface area contributed by atoms with Crippen LogP contribution in [-0.2, 0) is 4.79 Å². The Bertz CT molecular complexity index is 1140. The Morgan fingerprint density at radius 1 is 1.23 bits per heavy atom. The predicted molar refractivity (Wildman–Crippen MR) is 115 cm³/mol. The summed E-state index contributed by atoms with van der Waals surface area (Å²) in [5, 5.41) is 12.0. The number of halogens is 2. The summed E-state index contributed by atoms with van der Waals surface area (Å²) in [6.07, 6.45) is 1.05. The van der Waals surface area contributed by atoms with Gasteiger partial charge in [0.05, 0.1) is 30.2 Å². The van der Waals surface area contributed by atoms with E-state index in [-0.39, 0.29) is 22.9 Å². The highest BCUT2D eigenvalue weighted by Crippen LogP contribution is 2.32. The van der Waals surface area contributed by atoms with E-state index in [0.717, 1.165) is 5.56 Å². The fourth-order valence-corrected chi connectivity index (χ4v) is 3.42. The molecule has 1 atom stereocenters. The summed E-state index contributed by atoms with van der Waals surface area (Å²) >= 11 is 5.89. The summed E-state index contributed by atoms with van der Waals surface area (Å²) in [5.74, 6) is -1.87. The number of pyridine rings is 1. The fourth-order valence-electron chi connectivity index (χ4n) is 3.24. The van der Waals surface area contributed by atoms with E-state index in [2.05, 4.69) is 10.3 Å². The maximum atomic E-state index is 13.6. The lowest BCUT2D eigenvalue weighted by Gasteiger charge is -2.20. The number of carboxylic acids is 1. The number of aromatic nitrogens is 1. The number of carbonyl (C=O) groups excluding carboxylic acids is 1. The van der Waals surface area contributed by atoms with E-state index in [1.807, 2.05) is 19.1 Å². The standard InChI is InChI=1S/C23H20ClFN2O4/c1-13-5-3-4-6-16(13)20(11-21(28)29)27-22(30)15-9-17(23(31-2)26-12-15)14-7-8-19(25)18(24)10-14/h3-10,12,20H,11H2,1-2H3,(H,27,30)(H,28,29). The molecule has 0 fully saturated rings. The highest BCUT2D eigenvalue weighted by atomic mass is 35.5. The summed E-state index contributed by atoms with van der Waals surface area (Å²) in [5.41, 5.74) is 2.74. The molecule has 2 aromatic carbocycles. The largest absolute Gasteiger partial charge is 0.481 e. The molecule has 0 spiro atoms. The van der Waals surface area contributed by atoms with Crippen LogP contribution in [0.25, 0.3) is 11.1 Å². The summed E-state index contributed by atoms with van der Waals surface area (Å²) in [7, 11) is 1.43. The van der Waals surface area contributed by atoms with E-state index >= 15 is 0 Å². The summed E-state index contributed by atoms with van der Waals surface area (Å²) < 4.78 is 18.8. The van der Waals surface area contributed by atoms with Crippen LogP contribution in [0.5, 0.6) is 5.88 Å². The smallest absolute Gasteiger partial charge is 0.305 e. The Kier molecular flexibility index (Phi) is 6.87. The Morgan fingerprint density at radius 2 is 1.97 bits per heavy atom. The van der Waals surface area contributed by atoms with Crippen molar-refractivity contribution in [2.24, 2.45) is 0 Å². The molecule has 0 aliphatic carbocycles. The van der Waals surface area contributed by atoms with Gasteiger partial charge in [0, 0.05) is 11.8 Å². The lowest BCUT2D eigenvalue weighted by Crippen LogP contribution is -2.30. The molecule has 3 aromatic rings. The summed E-state index contributed by atoms with van der Waals surface area (Å²) in [6, 6.07) is 12.2. The van der Waals surface area contributed by atoms with Gasteiger partial charge in [-0.05, 0) is 41.8 Å². The lowest BCUT2D eigenvalue weighted by molar-refractivity contribution is -0.137. The zero-order chi connectivity index (χ0) is 22.5. The number of hydrogen-bond donors (Lipinski definition) is 2. The van der Waals surface area contributed by atoms with E-state index in [0.29, 0.717) is 16.7 Å². The quantitative estimate of drug-likeness (QED) is 0.548. The van der Waals surface area contributed by atoms with Crippen LogP contribution in [0, 0.1) is 12.7 Å². The first kappa shape index (κ1) is 22.2. The first-order valence-corrected chi connectivity index (χ1v) is 9.75. The predicted octanol–water partition coefficient (Wildman–Crippen LogP) is 4.80. The van der Waals surface area contributed by atoms with Crippen molar-refractivity contribution in [3.8, 4) is 17.0 Å². The third-order valence-corrected chi connectivity index (χ3v) is 5.07. The van der Waals surface area contributed by atoms with Gasteiger partial charge in [0.25, 0.3) is 5.91 Å². The van der Waals surface area contributed by atoms with Gasteiger partial charge in [-0.15, -0.1) is 0 Å². The van der Waals surface area contributed by atoms with Crippen molar-refractivity contribution in [2.75, 3.05) is 7.11 Å². The molecule has 0 bridgehead atoms. The first-order chi connectivity index (χ1) is 14.8. The number of carbonyl (C=O) groups is 2. The Morgan fingerprint density at radius 3 is 2.61 bits per heavy atom. The van der Waals surface area contributed by atoms with Gasteiger partial charge in [0.1, 0.15) is 5.82 Å². The molecule has 0 aliphatic heterocycles. The Hall–Kier alpha value is -3.45. The SMILES string of the molecule is COc1ncc(C(=O)NC(CC(=O)O)c2ccccc2C)cc1-c1ccc(F)c(Cl)c1. The highest BCUT2D eigenvalue weighted by molar-refractivity contribution is 6.31. The van der Waals surface area contributed by atoms with Gasteiger partial charge in [-0.25, -0.2) is 9.37 Å². The molecular weight excluding hydrogens is 423 g/mol. The molecular formula is C23H20ClFN2O4. The molecule has 3 rings (SSSR count). The molecule has 1 aromatic heterocycles. The van der Waals surface area contributed by atoms with Crippen molar-refractivity contribution in [2.45, 2.75) is 19.4 Å². The van der Waals surface area contributed by atoms with Crippen LogP contribution in [0.3, 0.4) is 0 Å². The topological polar surface area (TPSA) is 88.5 Å². The number of aliphatic carboxylic acids is 1. The Balaban J connectivity index is 1.95. The van der Waals surface area contributed by atoms with E-state index in [9.17, 15) is 19.1 Å². The second kappa shape index (κ2) is 9.57. The van der Waals surface area contributed by atoms with Crippen molar-refractivity contribution in [1.82, 2.24) is 10.3 Å². The Labute approximate surface area is 183 Å². The number of methoxy groups -OCH3 is 1. The second-order valence-corrected chi connectivity index (χ2v) is 7.30.